The van der Waals surface area contributed by atoms with E-state index in [2.05, 4.69) is 31.1 Å². The summed E-state index contributed by atoms with van der Waals surface area (Å²) in [5.74, 6) is 0.498. The third-order valence-electron chi connectivity index (χ3n) is 3.98. The standard InChI is InChI=1S/C17H14Cl2N8/c18-17(19,15-20-22-24-26(15)11-13-7-3-1-4-8-13)16-21-23-25-27(16)12-14-9-5-2-6-10-14/h1-10H,11-12H2. The molecule has 8 nitrogen and oxygen atoms in total. The van der Waals surface area contributed by atoms with Gasteiger partial charge in [0.15, 0.2) is 11.6 Å². The molecule has 4 aromatic rings. The molecule has 0 atom stereocenters. The summed E-state index contributed by atoms with van der Waals surface area (Å²) in [5, 5.41) is 23.5. The van der Waals surface area contributed by atoms with Crippen molar-refractivity contribution >= 4 is 23.2 Å². The van der Waals surface area contributed by atoms with Gasteiger partial charge in [0.2, 0.25) is 4.33 Å². The molecule has 0 radical (unpaired) electrons. The van der Waals surface area contributed by atoms with Crippen LogP contribution in [0.1, 0.15) is 22.8 Å². The Morgan fingerprint density at radius 3 is 1.48 bits per heavy atom. The van der Waals surface area contributed by atoms with E-state index in [4.69, 9.17) is 23.2 Å². The average Bonchev–Trinajstić information content (AvgIpc) is 3.34. The Hall–Kier alpha value is -2.84. The maximum absolute atomic E-state index is 6.65. The predicted octanol–water partition coefficient (Wildman–Crippen LogP) is 2.43. The summed E-state index contributed by atoms with van der Waals surface area (Å²) in [4.78, 5) is 0. The largest absolute Gasteiger partial charge is 0.239 e. The van der Waals surface area contributed by atoms with Crippen LogP contribution in [0, 0.1) is 0 Å². The zero-order valence-electron chi connectivity index (χ0n) is 14.0. The van der Waals surface area contributed by atoms with Gasteiger partial charge in [0.25, 0.3) is 0 Å². The van der Waals surface area contributed by atoms with Crippen LogP contribution in [0.25, 0.3) is 0 Å². The van der Waals surface area contributed by atoms with Gasteiger partial charge in [-0.3, -0.25) is 0 Å². The second-order valence-corrected chi connectivity index (χ2v) is 7.19. The Morgan fingerprint density at radius 2 is 1.07 bits per heavy atom. The molecule has 0 aliphatic rings. The van der Waals surface area contributed by atoms with Crippen molar-refractivity contribution in [3.8, 4) is 0 Å². The summed E-state index contributed by atoms with van der Waals surface area (Å²) < 4.78 is 1.46. The van der Waals surface area contributed by atoms with Crippen LogP contribution in [0.15, 0.2) is 60.7 Å². The molecule has 0 aliphatic heterocycles. The monoisotopic (exact) mass is 400 g/mol. The highest BCUT2D eigenvalue weighted by Crippen LogP contribution is 2.38. The Morgan fingerprint density at radius 1 is 0.667 bits per heavy atom. The number of nitrogens with zero attached hydrogens (tertiary/aromatic N) is 8. The minimum Gasteiger partial charge on any atom is -0.222 e. The molecule has 2 aromatic carbocycles. The Balaban J connectivity index is 1.65. The van der Waals surface area contributed by atoms with Crippen LogP contribution in [-0.4, -0.2) is 40.4 Å². The third-order valence-corrected chi connectivity index (χ3v) is 4.65. The average molecular weight is 401 g/mol. The van der Waals surface area contributed by atoms with E-state index in [9.17, 15) is 0 Å². The maximum Gasteiger partial charge on any atom is 0.239 e. The molecular weight excluding hydrogens is 387 g/mol. The van der Waals surface area contributed by atoms with Crippen LogP contribution in [0.5, 0.6) is 0 Å². The van der Waals surface area contributed by atoms with Gasteiger partial charge in [-0.2, -0.15) is 0 Å². The highest BCUT2D eigenvalue weighted by atomic mass is 35.5. The highest BCUT2D eigenvalue weighted by molar-refractivity contribution is 6.49. The lowest BCUT2D eigenvalue weighted by Crippen LogP contribution is -2.25. The highest BCUT2D eigenvalue weighted by Gasteiger charge is 2.41. The minimum absolute atomic E-state index is 0.249. The first-order chi connectivity index (χ1) is 13.1. The van der Waals surface area contributed by atoms with Crippen molar-refractivity contribution in [2.75, 3.05) is 0 Å². The number of hydrogen-bond acceptors (Lipinski definition) is 6. The Kier molecular flexibility index (Phi) is 4.83. The molecule has 2 aromatic heterocycles. The third kappa shape index (κ3) is 3.67. The number of alkyl halides is 2. The van der Waals surface area contributed by atoms with E-state index < -0.39 is 4.33 Å². The SMILES string of the molecule is ClC(Cl)(c1nnnn1Cc1ccccc1)c1nnnn1Cc1ccccc1. The van der Waals surface area contributed by atoms with Gasteiger partial charge < -0.3 is 0 Å². The number of halogens is 2. The van der Waals surface area contributed by atoms with Gasteiger partial charge in [0.1, 0.15) is 0 Å². The first-order valence-corrected chi connectivity index (χ1v) is 8.89. The Labute approximate surface area is 164 Å². The molecular formula is C17H14Cl2N8. The molecule has 136 valence electrons. The number of tetrazole rings is 2. The predicted molar refractivity (Wildman–Crippen MR) is 99.2 cm³/mol. The molecule has 0 saturated carbocycles. The number of aromatic nitrogens is 8. The van der Waals surface area contributed by atoms with Crippen molar-refractivity contribution in [3.63, 3.8) is 0 Å². The van der Waals surface area contributed by atoms with E-state index in [0.717, 1.165) is 11.1 Å². The van der Waals surface area contributed by atoms with E-state index in [1.54, 1.807) is 0 Å². The molecule has 0 fully saturated rings. The van der Waals surface area contributed by atoms with Gasteiger partial charge >= 0.3 is 0 Å². The van der Waals surface area contributed by atoms with Crippen LogP contribution in [0.2, 0.25) is 0 Å². The van der Waals surface area contributed by atoms with Crippen molar-refractivity contribution in [2.45, 2.75) is 17.4 Å². The number of hydrogen-bond donors (Lipinski definition) is 0. The summed E-state index contributed by atoms with van der Waals surface area (Å²) >= 11 is 13.3. The second-order valence-electron chi connectivity index (χ2n) is 5.87. The van der Waals surface area contributed by atoms with Crippen LogP contribution >= 0.6 is 23.2 Å². The lowest BCUT2D eigenvalue weighted by atomic mass is 10.2. The molecule has 0 spiro atoms. The lowest BCUT2D eigenvalue weighted by Gasteiger charge is -2.18. The zero-order valence-corrected chi connectivity index (χ0v) is 15.5. The van der Waals surface area contributed by atoms with Crippen LogP contribution in [-0.2, 0) is 17.4 Å². The van der Waals surface area contributed by atoms with Crippen molar-refractivity contribution in [3.05, 3.63) is 83.4 Å². The minimum atomic E-state index is -1.61. The zero-order chi connectivity index (χ0) is 18.7. The van der Waals surface area contributed by atoms with E-state index in [-0.39, 0.29) is 11.6 Å². The summed E-state index contributed by atoms with van der Waals surface area (Å²) in [7, 11) is 0. The molecule has 4 rings (SSSR count). The van der Waals surface area contributed by atoms with Crippen molar-refractivity contribution in [1.29, 1.82) is 0 Å². The summed E-state index contributed by atoms with van der Waals surface area (Å²) in [6, 6.07) is 19.5. The number of benzene rings is 2. The van der Waals surface area contributed by atoms with Gasteiger partial charge in [-0.15, -0.1) is 10.2 Å². The summed E-state index contributed by atoms with van der Waals surface area (Å²) in [6.45, 7) is 0.842. The molecule has 0 unspecified atom stereocenters. The fourth-order valence-corrected chi connectivity index (χ4v) is 3.23. The Bertz CT molecular complexity index is 932. The quantitative estimate of drug-likeness (QED) is 0.462. The summed E-state index contributed by atoms with van der Waals surface area (Å²) in [6.07, 6.45) is 0. The molecule has 2 heterocycles. The van der Waals surface area contributed by atoms with Crippen LogP contribution in [0.4, 0.5) is 0 Å². The summed E-state index contributed by atoms with van der Waals surface area (Å²) in [5.41, 5.74) is 2.03. The van der Waals surface area contributed by atoms with E-state index >= 15 is 0 Å². The molecule has 10 heteroatoms. The first-order valence-electron chi connectivity index (χ1n) is 8.13. The molecule has 0 amide bonds. The van der Waals surface area contributed by atoms with Gasteiger partial charge in [-0.1, -0.05) is 83.9 Å². The first kappa shape index (κ1) is 17.6. The van der Waals surface area contributed by atoms with Gasteiger partial charge in [-0.25, -0.2) is 9.36 Å². The van der Waals surface area contributed by atoms with Crippen LogP contribution in [0.3, 0.4) is 0 Å². The lowest BCUT2D eigenvalue weighted by molar-refractivity contribution is 0.576. The molecule has 0 bridgehead atoms. The van der Waals surface area contributed by atoms with E-state index in [0.29, 0.717) is 13.1 Å². The van der Waals surface area contributed by atoms with Gasteiger partial charge in [0, 0.05) is 0 Å². The van der Waals surface area contributed by atoms with E-state index in [1.165, 1.54) is 9.36 Å². The van der Waals surface area contributed by atoms with Crippen molar-refractivity contribution in [1.82, 2.24) is 40.4 Å². The maximum atomic E-state index is 6.65. The van der Waals surface area contributed by atoms with E-state index in [1.807, 2.05) is 60.7 Å². The second kappa shape index (κ2) is 7.42. The molecule has 27 heavy (non-hydrogen) atoms. The van der Waals surface area contributed by atoms with Gasteiger partial charge in [0.05, 0.1) is 13.1 Å². The fraction of sp³-hybridized carbons (Fsp3) is 0.176. The fourth-order valence-electron chi connectivity index (χ4n) is 2.68. The molecule has 0 saturated heterocycles. The normalized spacial score (nSPS) is 11.6. The molecule has 0 N–H and O–H groups in total. The van der Waals surface area contributed by atoms with Gasteiger partial charge in [-0.05, 0) is 32.0 Å². The molecule has 0 aliphatic carbocycles. The number of rotatable bonds is 6. The topological polar surface area (TPSA) is 87.2 Å². The van der Waals surface area contributed by atoms with Crippen LogP contribution < -0.4 is 0 Å². The smallest absolute Gasteiger partial charge is 0.222 e. The van der Waals surface area contributed by atoms with Crippen molar-refractivity contribution in [2.24, 2.45) is 0 Å². The van der Waals surface area contributed by atoms with Crippen molar-refractivity contribution < 1.29 is 0 Å².